The van der Waals surface area contributed by atoms with E-state index < -0.39 is 44.1 Å². The van der Waals surface area contributed by atoms with Crippen molar-refractivity contribution in [2.45, 2.75) is 53.8 Å². The van der Waals surface area contributed by atoms with Gasteiger partial charge in [0.25, 0.3) is 0 Å². The number of hydrogen-bond donors (Lipinski definition) is 3. The van der Waals surface area contributed by atoms with Gasteiger partial charge in [-0.2, -0.15) is 0 Å². The van der Waals surface area contributed by atoms with Gasteiger partial charge in [-0.15, -0.1) is 35.0 Å². The second kappa shape index (κ2) is 22.0. The van der Waals surface area contributed by atoms with Gasteiger partial charge in [0.15, 0.2) is 0 Å². The van der Waals surface area contributed by atoms with Crippen LogP contribution in [0.4, 0.5) is 0 Å². The van der Waals surface area contributed by atoms with E-state index >= 15 is 0 Å². The summed E-state index contributed by atoms with van der Waals surface area (Å²) in [6.45, 7) is 4.88. The van der Waals surface area contributed by atoms with Crippen LogP contribution in [0.15, 0.2) is 0 Å². The molecule has 29 heavy (non-hydrogen) atoms. The van der Waals surface area contributed by atoms with Crippen molar-refractivity contribution in [3.8, 4) is 0 Å². The minimum Gasteiger partial charge on any atom is -0.747 e. The molecule has 0 heterocycles. The molecule has 3 atom stereocenters. The molecule has 0 spiro atoms. The van der Waals surface area contributed by atoms with Crippen LogP contribution in [0.3, 0.4) is 0 Å². The maximum atomic E-state index is 10.2. The van der Waals surface area contributed by atoms with E-state index in [1.165, 1.54) is 0 Å². The summed E-state index contributed by atoms with van der Waals surface area (Å²) in [5.41, 5.74) is 0. The van der Waals surface area contributed by atoms with Crippen molar-refractivity contribution >= 4 is 97.7 Å². The molecular formula is C9H21NaO9S9Zn. The number of rotatable bonds is 9. The van der Waals surface area contributed by atoms with Gasteiger partial charge in [-0.05, 0) is 19.3 Å². The predicted octanol–water partition coefficient (Wildman–Crippen LogP) is -0.461. The third kappa shape index (κ3) is 24.4. The molecule has 0 aromatic rings. The Morgan fingerprint density at radius 3 is 0.759 bits per heavy atom. The fourth-order valence-corrected chi connectivity index (χ4v) is 8.12. The van der Waals surface area contributed by atoms with Crippen LogP contribution in [-0.2, 0) is 49.8 Å². The van der Waals surface area contributed by atoms with E-state index in [-0.39, 0.29) is 49.0 Å². The van der Waals surface area contributed by atoms with E-state index in [9.17, 15) is 38.9 Å². The Labute approximate surface area is 236 Å². The average molecular weight is 650 g/mol. The fraction of sp³-hybridized carbons (Fsp3) is 1.00. The van der Waals surface area contributed by atoms with Crippen LogP contribution < -0.4 is 29.6 Å². The minimum atomic E-state index is -4.13. The monoisotopic (exact) mass is 648 g/mol. The molecule has 0 fully saturated rings. The van der Waals surface area contributed by atoms with Crippen LogP contribution in [0.25, 0.3) is 0 Å². The van der Waals surface area contributed by atoms with Crippen molar-refractivity contribution in [2.24, 2.45) is 0 Å². The Morgan fingerprint density at radius 2 is 0.759 bits per heavy atom. The van der Waals surface area contributed by atoms with Gasteiger partial charge >= 0.3 is 49.0 Å². The molecule has 0 rings (SSSR count). The maximum absolute atomic E-state index is 10.2. The second-order valence-electron chi connectivity index (χ2n) is 4.31. The van der Waals surface area contributed by atoms with Gasteiger partial charge in [-0.1, -0.05) is 53.2 Å². The molecule has 3 unspecified atom stereocenters. The van der Waals surface area contributed by atoms with Crippen LogP contribution >= 0.6 is 67.4 Å². The summed E-state index contributed by atoms with van der Waals surface area (Å²) in [6.07, 6.45) is 0.917. The van der Waals surface area contributed by atoms with E-state index in [4.69, 9.17) is 0 Å². The van der Waals surface area contributed by atoms with Gasteiger partial charge in [0, 0.05) is 0 Å². The van der Waals surface area contributed by atoms with Crippen LogP contribution in [-0.4, -0.2) is 52.7 Å². The molecule has 0 aliphatic heterocycles. The molecule has 9 nitrogen and oxygen atoms in total. The van der Waals surface area contributed by atoms with E-state index in [1.54, 1.807) is 20.8 Å². The van der Waals surface area contributed by atoms with Gasteiger partial charge in [-0.3, -0.25) is 0 Å². The smallest absolute Gasteiger partial charge is 0.747 e. The SMILES string of the molecule is CCC(SS)S(=O)(=O)[O-].CCC(SS)S(=O)(=O)[O-].CCC(SS)S(=O)(=O)[O-].[Na+].[Zn+2]. The zero-order chi connectivity index (χ0) is 22.5. The standard InChI is InChI=1S/3C3H8O3S3.Na.Zn/c3*1-2-3(8-7)9(4,5)6;;/h3*3,7H,2H2,1H3,(H,4,5,6);;/q;;;+1;+2/p-3. The molecule has 20 heteroatoms. The normalized spacial score (nSPS) is 14.4. The van der Waals surface area contributed by atoms with Gasteiger partial charge in [-0.25, -0.2) is 25.3 Å². The zero-order valence-electron chi connectivity index (χ0n) is 16.0. The summed E-state index contributed by atoms with van der Waals surface area (Å²) in [5, 5.41) is 0. The molecule has 0 aliphatic rings. The largest absolute Gasteiger partial charge is 2.00 e. The third-order valence-electron chi connectivity index (χ3n) is 2.32. The van der Waals surface area contributed by atoms with Crippen molar-refractivity contribution in [3.63, 3.8) is 0 Å². The molecule has 168 valence electrons. The van der Waals surface area contributed by atoms with Gasteiger partial charge in [0.05, 0.1) is 0 Å². The van der Waals surface area contributed by atoms with Gasteiger partial charge < -0.3 is 13.7 Å². The molecular weight excluding hydrogens is 629 g/mol. The Bertz CT molecular complexity index is 579. The first-order chi connectivity index (χ1) is 12.1. The first-order valence-corrected chi connectivity index (χ1v) is 17.0. The summed E-state index contributed by atoms with van der Waals surface area (Å²) in [6, 6.07) is 0. The van der Waals surface area contributed by atoms with Crippen LogP contribution in [0, 0.1) is 0 Å². The molecule has 0 saturated carbocycles. The fourth-order valence-electron chi connectivity index (χ4n) is 0.994. The molecule has 0 N–H and O–H groups in total. The van der Waals surface area contributed by atoms with Crippen molar-refractivity contribution in [1.29, 1.82) is 0 Å². The van der Waals surface area contributed by atoms with Crippen molar-refractivity contribution in [1.82, 2.24) is 0 Å². The van der Waals surface area contributed by atoms with Gasteiger partial charge in [0.2, 0.25) is 0 Å². The van der Waals surface area contributed by atoms with E-state index in [0.717, 1.165) is 32.4 Å². The maximum Gasteiger partial charge on any atom is 2.00 e. The first-order valence-electron chi connectivity index (χ1n) is 6.81. The average Bonchev–Trinajstić information content (AvgIpc) is 2.48. The molecule has 0 amide bonds. The predicted molar refractivity (Wildman–Crippen MR) is 121 cm³/mol. The van der Waals surface area contributed by atoms with E-state index in [1.807, 2.05) is 0 Å². The molecule has 0 aromatic heterocycles. The summed E-state index contributed by atoms with van der Waals surface area (Å²) in [7, 11) is -10.1. The van der Waals surface area contributed by atoms with Crippen LogP contribution in [0.5, 0.6) is 0 Å². The molecule has 0 aliphatic carbocycles. The summed E-state index contributed by atoms with van der Waals surface area (Å²) in [5.74, 6) is 0. The second-order valence-corrected chi connectivity index (χ2v) is 14.1. The Balaban J connectivity index is -0.0000000960. The molecule has 0 saturated heterocycles. The zero-order valence-corrected chi connectivity index (χ0v) is 28.6. The molecule has 0 radical (unpaired) electrons. The van der Waals surface area contributed by atoms with Crippen molar-refractivity contribution < 1.29 is 87.9 Å². The van der Waals surface area contributed by atoms with E-state index in [0.29, 0.717) is 19.3 Å². The number of thiol groups is 3. The van der Waals surface area contributed by atoms with Crippen LogP contribution in [0.1, 0.15) is 40.0 Å². The minimum absolute atomic E-state index is 0. The summed E-state index contributed by atoms with van der Waals surface area (Å²) in [4.78, 5) is 0. The Hall–Kier alpha value is 3.45. The Kier molecular flexibility index (Phi) is 32.2. The molecule has 0 bridgehead atoms. The topological polar surface area (TPSA) is 172 Å². The van der Waals surface area contributed by atoms with Crippen LogP contribution in [0.2, 0.25) is 0 Å². The van der Waals surface area contributed by atoms with E-state index in [2.05, 4.69) is 35.0 Å². The van der Waals surface area contributed by atoms with Gasteiger partial charge in [0.1, 0.15) is 44.1 Å². The first kappa shape index (κ1) is 42.6. The summed E-state index contributed by atoms with van der Waals surface area (Å²) >= 11 is 10.9. The van der Waals surface area contributed by atoms with Crippen molar-refractivity contribution in [2.75, 3.05) is 0 Å². The summed E-state index contributed by atoms with van der Waals surface area (Å²) < 4.78 is 88.8. The molecule has 0 aromatic carbocycles. The third-order valence-corrected chi connectivity index (χ3v) is 13.5. The quantitative estimate of drug-likeness (QED) is 0.127. The van der Waals surface area contributed by atoms with Crippen molar-refractivity contribution in [3.05, 3.63) is 0 Å². The number of hydrogen-bond acceptors (Lipinski definition) is 15. The Morgan fingerprint density at radius 1 is 0.621 bits per heavy atom.